The lowest BCUT2D eigenvalue weighted by Crippen LogP contribution is -2.35. The van der Waals surface area contributed by atoms with Gasteiger partial charge in [-0.3, -0.25) is 4.79 Å². The van der Waals surface area contributed by atoms with Gasteiger partial charge in [-0.05, 0) is 60.6 Å². The first-order valence-electron chi connectivity index (χ1n) is 12.4. The summed E-state index contributed by atoms with van der Waals surface area (Å²) in [6.45, 7) is 6.76. The predicted octanol–water partition coefficient (Wildman–Crippen LogP) is 5.02. The maximum absolute atomic E-state index is 12.4. The van der Waals surface area contributed by atoms with Crippen LogP contribution in [0.4, 0.5) is 0 Å². The summed E-state index contributed by atoms with van der Waals surface area (Å²) in [5, 5.41) is 10.4. The van der Waals surface area contributed by atoms with E-state index in [2.05, 4.69) is 6.07 Å². The van der Waals surface area contributed by atoms with E-state index < -0.39 is 5.41 Å². The Labute approximate surface area is 221 Å². The van der Waals surface area contributed by atoms with Gasteiger partial charge in [0.05, 0.1) is 47.0 Å². The Kier molecular flexibility index (Phi) is 10.9. The molecule has 0 aliphatic rings. The molecule has 8 heteroatoms. The molecule has 1 amide bonds. The molecule has 0 aliphatic carbocycles. The molecule has 0 saturated heterocycles. The number of carbonyl (C=O) groups is 1. The Balaban J connectivity index is 2.21. The third kappa shape index (κ3) is 6.79. The van der Waals surface area contributed by atoms with Gasteiger partial charge in [-0.1, -0.05) is 19.9 Å². The Hall–Kier alpha value is -3.60. The average molecular weight is 513 g/mol. The minimum Gasteiger partial charge on any atom is -0.493 e. The Bertz CT molecular complexity index is 1070. The number of hydrogen-bond donors (Lipinski definition) is 0. The summed E-state index contributed by atoms with van der Waals surface area (Å²) in [4.78, 5) is 14.3. The number of nitriles is 1. The maximum atomic E-state index is 12.4. The number of methoxy groups -OCH3 is 5. The molecule has 0 bridgehead atoms. The molecule has 1 atom stereocenters. The molecule has 0 spiro atoms. The van der Waals surface area contributed by atoms with Crippen LogP contribution in [0.2, 0.25) is 0 Å². The highest BCUT2D eigenvalue weighted by Crippen LogP contribution is 2.45. The molecule has 2 aromatic carbocycles. The summed E-state index contributed by atoms with van der Waals surface area (Å²) in [6, 6.07) is 12.1. The van der Waals surface area contributed by atoms with Gasteiger partial charge in [-0.15, -0.1) is 0 Å². The smallest absolute Gasteiger partial charge is 0.219 e. The number of benzene rings is 2. The number of amides is 1. The van der Waals surface area contributed by atoms with Crippen LogP contribution in [0.3, 0.4) is 0 Å². The van der Waals surface area contributed by atoms with Crippen LogP contribution < -0.4 is 23.7 Å². The maximum Gasteiger partial charge on any atom is 0.219 e. The molecule has 8 nitrogen and oxygen atoms in total. The van der Waals surface area contributed by atoms with Crippen molar-refractivity contribution in [2.45, 2.75) is 45.4 Å². The Morgan fingerprint density at radius 1 is 0.892 bits per heavy atom. The molecular formula is C29H40N2O6. The molecule has 37 heavy (non-hydrogen) atoms. The zero-order valence-electron chi connectivity index (χ0n) is 23.3. The fourth-order valence-electron chi connectivity index (χ4n) is 4.63. The van der Waals surface area contributed by atoms with Crippen LogP contribution in [-0.4, -0.2) is 59.4 Å². The zero-order chi connectivity index (χ0) is 27.6. The summed E-state index contributed by atoms with van der Waals surface area (Å²) < 4.78 is 27.2. The largest absolute Gasteiger partial charge is 0.493 e. The van der Waals surface area contributed by atoms with Crippen molar-refractivity contribution < 1.29 is 28.5 Å². The van der Waals surface area contributed by atoms with Gasteiger partial charge in [0.2, 0.25) is 11.7 Å². The third-order valence-corrected chi connectivity index (χ3v) is 6.93. The minimum atomic E-state index is -0.793. The number of rotatable bonds is 14. The quantitative estimate of drug-likeness (QED) is 0.351. The van der Waals surface area contributed by atoms with E-state index in [9.17, 15) is 10.1 Å². The molecule has 202 valence electrons. The van der Waals surface area contributed by atoms with E-state index in [1.807, 2.05) is 49.1 Å². The van der Waals surface area contributed by atoms with Crippen LogP contribution in [0, 0.1) is 17.2 Å². The van der Waals surface area contributed by atoms with E-state index in [1.54, 1.807) is 42.5 Å². The van der Waals surface area contributed by atoms with Crippen LogP contribution in [0.15, 0.2) is 30.3 Å². The van der Waals surface area contributed by atoms with Crippen molar-refractivity contribution in [3.8, 4) is 34.8 Å². The Morgan fingerprint density at radius 3 is 1.95 bits per heavy atom. The van der Waals surface area contributed by atoms with Gasteiger partial charge in [0.1, 0.15) is 0 Å². The topological polar surface area (TPSA) is 90.3 Å². The number of ether oxygens (including phenoxy) is 5. The second-order valence-electron chi connectivity index (χ2n) is 9.20. The fraction of sp³-hybridized carbons (Fsp3) is 0.517. The van der Waals surface area contributed by atoms with Crippen molar-refractivity contribution >= 4 is 5.91 Å². The van der Waals surface area contributed by atoms with Crippen LogP contribution in [-0.2, 0) is 16.6 Å². The highest BCUT2D eigenvalue weighted by molar-refractivity contribution is 5.73. The molecule has 2 rings (SSSR count). The second kappa shape index (κ2) is 13.6. The van der Waals surface area contributed by atoms with Gasteiger partial charge < -0.3 is 28.6 Å². The lowest BCUT2D eigenvalue weighted by molar-refractivity contribution is -0.128. The second-order valence-corrected chi connectivity index (χ2v) is 9.20. The highest BCUT2D eigenvalue weighted by atomic mass is 16.5. The highest BCUT2D eigenvalue weighted by Gasteiger charge is 2.37. The van der Waals surface area contributed by atoms with Gasteiger partial charge in [-0.25, -0.2) is 0 Å². The fourth-order valence-corrected chi connectivity index (χ4v) is 4.63. The lowest BCUT2D eigenvalue weighted by Gasteiger charge is -2.33. The number of nitrogens with zero attached hydrogens (tertiary/aromatic N) is 2. The molecule has 2 aromatic rings. The lowest BCUT2D eigenvalue weighted by atomic mass is 9.69. The standard InChI is InChI=1S/C29H40N2O6/c1-20(2)29(19-30,23-17-26(35-6)28(37-8)27(18-23)36-7)13-9-14-31(21(3)32)15-12-22-10-11-24(33-4)25(16-22)34-5/h10-11,16-18,20H,9,12-15H2,1-8H3. The molecule has 0 fully saturated rings. The first-order chi connectivity index (χ1) is 17.7. The molecule has 0 aliphatic heterocycles. The zero-order valence-corrected chi connectivity index (χ0v) is 23.3. The average Bonchev–Trinajstić information content (AvgIpc) is 2.91. The van der Waals surface area contributed by atoms with Crippen LogP contribution in [0.5, 0.6) is 28.7 Å². The van der Waals surface area contributed by atoms with Gasteiger partial charge in [0.25, 0.3) is 0 Å². The molecule has 0 radical (unpaired) electrons. The molecule has 0 heterocycles. The van der Waals surface area contributed by atoms with E-state index >= 15 is 0 Å². The number of hydrogen-bond acceptors (Lipinski definition) is 7. The van der Waals surface area contributed by atoms with Crippen molar-refractivity contribution in [1.82, 2.24) is 4.90 Å². The van der Waals surface area contributed by atoms with Gasteiger partial charge in [-0.2, -0.15) is 5.26 Å². The molecule has 0 saturated carbocycles. The van der Waals surface area contributed by atoms with Crippen molar-refractivity contribution in [2.24, 2.45) is 5.92 Å². The van der Waals surface area contributed by atoms with Gasteiger partial charge in [0.15, 0.2) is 23.0 Å². The SMILES string of the molecule is COc1ccc(CCN(CCCC(C#N)(c2cc(OC)c(OC)c(OC)c2)C(C)C)C(C)=O)cc1OC. The summed E-state index contributed by atoms with van der Waals surface area (Å²) >= 11 is 0. The minimum absolute atomic E-state index is 0.000340. The summed E-state index contributed by atoms with van der Waals surface area (Å²) in [5.74, 6) is 2.86. The van der Waals surface area contributed by atoms with Crippen LogP contribution >= 0.6 is 0 Å². The van der Waals surface area contributed by atoms with E-state index in [0.717, 1.165) is 11.1 Å². The third-order valence-electron chi connectivity index (χ3n) is 6.93. The predicted molar refractivity (Wildman–Crippen MR) is 143 cm³/mol. The van der Waals surface area contributed by atoms with E-state index in [1.165, 1.54) is 0 Å². The van der Waals surface area contributed by atoms with E-state index in [0.29, 0.717) is 61.1 Å². The number of carbonyl (C=O) groups excluding carboxylic acids is 1. The van der Waals surface area contributed by atoms with E-state index in [-0.39, 0.29) is 11.8 Å². The summed E-state index contributed by atoms with van der Waals surface area (Å²) in [5.41, 5.74) is 1.06. The monoisotopic (exact) mass is 512 g/mol. The molecule has 0 aromatic heterocycles. The van der Waals surface area contributed by atoms with Crippen LogP contribution in [0.1, 0.15) is 44.7 Å². The van der Waals surface area contributed by atoms with Gasteiger partial charge in [0, 0.05) is 20.0 Å². The van der Waals surface area contributed by atoms with Crippen molar-refractivity contribution in [3.05, 3.63) is 41.5 Å². The summed E-state index contributed by atoms with van der Waals surface area (Å²) in [7, 11) is 7.89. The first kappa shape index (κ1) is 29.6. The normalized spacial score (nSPS) is 12.3. The van der Waals surface area contributed by atoms with Crippen LogP contribution in [0.25, 0.3) is 0 Å². The summed E-state index contributed by atoms with van der Waals surface area (Å²) in [6.07, 6.45) is 1.91. The Morgan fingerprint density at radius 2 is 1.49 bits per heavy atom. The molecular weight excluding hydrogens is 472 g/mol. The van der Waals surface area contributed by atoms with Crippen molar-refractivity contribution in [2.75, 3.05) is 48.6 Å². The van der Waals surface area contributed by atoms with Gasteiger partial charge >= 0.3 is 0 Å². The molecule has 1 unspecified atom stereocenters. The van der Waals surface area contributed by atoms with E-state index in [4.69, 9.17) is 23.7 Å². The first-order valence-corrected chi connectivity index (χ1v) is 12.4. The van der Waals surface area contributed by atoms with Crippen molar-refractivity contribution in [1.29, 1.82) is 5.26 Å². The van der Waals surface area contributed by atoms with Crippen molar-refractivity contribution in [3.63, 3.8) is 0 Å². The molecule has 0 N–H and O–H groups in total.